The van der Waals surface area contributed by atoms with E-state index >= 15 is 0 Å². The molecule has 0 aliphatic heterocycles. The molecule has 1 aliphatic carbocycles. The van der Waals surface area contributed by atoms with Crippen molar-refractivity contribution >= 4 is 11.6 Å². The Balaban J connectivity index is 1.97. The van der Waals surface area contributed by atoms with Crippen molar-refractivity contribution in [2.24, 2.45) is 0 Å². The third-order valence-corrected chi connectivity index (χ3v) is 3.56. The van der Waals surface area contributed by atoms with E-state index in [9.17, 15) is 4.39 Å². The van der Waals surface area contributed by atoms with Crippen LogP contribution in [0, 0.1) is 5.82 Å². The maximum absolute atomic E-state index is 12.9. The number of ether oxygens (including phenoxy) is 1. The van der Waals surface area contributed by atoms with Crippen molar-refractivity contribution in [3.8, 4) is 5.75 Å². The van der Waals surface area contributed by atoms with Gasteiger partial charge in [-0.25, -0.2) is 4.39 Å². The van der Waals surface area contributed by atoms with Crippen molar-refractivity contribution in [2.75, 3.05) is 7.11 Å². The zero-order valence-electron chi connectivity index (χ0n) is 10.8. The third kappa shape index (κ3) is 2.39. The van der Waals surface area contributed by atoms with Crippen LogP contribution in [-0.4, -0.2) is 7.11 Å². The summed E-state index contributed by atoms with van der Waals surface area (Å²) in [5, 5.41) is 0. The van der Waals surface area contributed by atoms with E-state index in [4.69, 9.17) is 4.74 Å². The minimum atomic E-state index is -0.190. The number of benzene rings is 2. The molecule has 2 heteroatoms. The van der Waals surface area contributed by atoms with E-state index in [0.717, 1.165) is 24.2 Å². The SMILES string of the molecule is COc1ccc2c(c1)CCC(c1ccc(F)cc1)=C2. The van der Waals surface area contributed by atoms with Gasteiger partial charge in [0.05, 0.1) is 7.11 Å². The molecule has 0 unspecified atom stereocenters. The van der Waals surface area contributed by atoms with E-state index in [1.165, 1.54) is 28.8 Å². The van der Waals surface area contributed by atoms with Gasteiger partial charge in [0.1, 0.15) is 11.6 Å². The van der Waals surface area contributed by atoms with Gasteiger partial charge in [0.2, 0.25) is 0 Å². The minimum Gasteiger partial charge on any atom is -0.497 e. The van der Waals surface area contributed by atoms with Crippen LogP contribution in [0.5, 0.6) is 5.75 Å². The van der Waals surface area contributed by atoms with Crippen molar-refractivity contribution in [1.82, 2.24) is 0 Å². The lowest BCUT2D eigenvalue weighted by molar-refractivity contribution is 0.414. The van der Waals surface area contributed by atoms with E-state index in [1.54, 1.807) is 7.11 Å². The summed E-state index contributed by atoms with van der Waals surface area (Å²) in [7, 11) is 1.68. The molecule has 2 aromatic rings. The molecular weight excluding hydrogens is 239 g/mol. The van der Waals surface area contributed by atoms with Gasteiger partial charge < -0.3 is 4.74 Å². The largest absolute Gasteiger partial charge is 0.497 e. The third-order valence-electron chi connectivity index (χ3n) is 3.56. The number of allylic oxidation sites excluding steroid dienone is 1. The predicted molar refractivity (Wildman–Crippen MR) is 75.6 cm³/mol. The van der Waals surface area contributed by atoms with Crippen molar-refractivity contribution in [2.45, 2.75) is 12.8 Å². The summed E-state index contributed by atoms with van der Waals surface area (Å²) < 4.78 is 18.2. The van der Waals surface area contributed by atoms with Gasteiger partial charge in [-0.1, -0.05) is 24.3 Å². The number of fused-ring (bicyclic) bond motifs is 1. The molecule has 3 rings (SSSR count). The normalized spacial score (nSPS) is 13.7. The molecule has 0 atom stereocenters. The summed E-state index contributed by atoms with van der Waals surface area (Å²) in [6.07, 6.45) is 4.16. The fourth-order valence-corrected chi connectivity index (χ4v) is 2.49. The second kappa shape index (κ2) is 4.88. The lowest BCUT2D eigenvalue weighted by Crippen LogP contribution is -1.99. The van der Waals surface area contributed by atoms with Crippen LogP contribution < -0.4 is 4.74 Å². The molecule has 0 aromatic heterocycles. The number of methoxy groups -OCH3 is 1. The van der Waals surface area contributed by atoms with Crippen molar-refractivity contribution in [3.63, 3.8) is 0 Å². The molecule has 19 heavy (non-hydrogen) atoms. The summed E-state index contributed by atoms with van der Waals surface area (Å²) in [6.45, 7) is 0. The van der Waals surface area contributed by atoms with Crippen LogP contribution in [0.3, 0.4) is 0 Å². The Kier molecular flexibility index (Phi) is 3.08. The first-order valence-corrected chi connectivity index (χ1v) is 6.40. The molecule has 1 nitrogen and oxygen atoms in total. The van der Waals surface area contributed by atoms with Crippen LogP contribution in [-0.2, 0) is 6.42 Å². The molecule has 0 spiro atoms. The molecule has 96 valence electrons. The molecular formula is C17H15FO. The van der Waals surface area contributed by atoms with Crippen molar-refractivity contribution in [3.05, 3.63) is 65.0 Å². The number of hydrogen-bond donors (Lipinski definition) is 0. The Morgan fingerprint density at radius 2 is 1.79 bits per heavy atom. The zero-order chi connectivity index (χ0) is 13.2. The molecule has 0 saturated carbocycles. The van der Waals surface area contributed by atoms with Gasteiger partial charge in [-0.2, -0.15) is 0 Å². The lowest BCUT2D eigenvalue weighted by Gasteiger charge is -2.17. The van der Waals surface area contributed by atoms with E-state index in [2.05, 4.69) is 18.2 Å². The van der Waals surface area contributed by atoms with Crippen LogP contribution in [0.4, 0.5) is 4.39 Å². The van der Waals surface area contributed by atoms with Crippen molar-refractivity contribution < 1.29 is 9.13 Å². The number of rotatable bonds is 2. The molecule has 0 amide bonds. The fourth-order valence-electron chi connectivity index (χ4n) is 2.49. The summed E-state index contributed by atoms with van der Waals surface area (Å²) >= 11 is 0. The van der Waals surface area contributed by atoms with Crippen molar-refractivity contribution in [1.29, 1.82) is 0 Å². The molecule has 0 fully saturated rings. The molecule has 0 N–H and O–H groups in total. The van der Waals surface area contributed by atoms with Crippen LogP contribution in [0.25, 0.3) is 11.6 Å². The Labute approximate surface area is 112 Å². The summed E-state index contributed by atoms with van der Waals surface area (Å²) in [5.74, 6) is 0.711. The fraction of sp³-hybridized carbons (Fsp3) is 0.176. The monoisotopic (exact) mass is 254 g/mol. The van der Waals surface area contributed by atoms with Gasteiger partial charge in [-0.15, -0.1) is 0 Å². The Hall–Kier alpha value is -2.09. The highest BCUT2D eigenvalue weighted by atomic mass is 19.1. The first kappa shape index (κ1) is 12.0. The van der Waals surface area contributed by atoms with Gasteiger partial charge in [-0.05, 0) is 59.4 Å². The Morgan fingerprint density at radius 1 is 1.00 bits per heavy atom. The minimum absolute atomic E-state index is 0.190. The molecule has 0 heterocycles. The van der Waals surface area contributed by atoms with Crippen LogP contribution in [0.15, 0.2) is 42.5 Å². The number of halogens is 1. The van der Waals surface area contributed by atoms with Gasteiger partial charge >= 0.3 is 0 Å². The highest BCUT2D eigenvalue weighted by Gasteiger charge is 2.12. The summed E-state index contributed by atoms with van der Waals surface area (Å²) in [5.41, 5.74) is 4.90. The van der Waals surface area contributed by atoms with E-state index in [1.807, 2.05) is 18.2 Å². The second-order valence-corrected chi connectivity index (χ2v) is 4.74. The molecule has 0 saturated heterocycles. The maximum Gasteiger partial charge on any atom is 0.123 e. The summed E-state index contributed by atoms with van der Waals surface area (Å²) in [4.78, 5) is 0. The van der Waals surface area contributed by atoms with Gasteiger partial charge in [0, 0.05) is 0 Å². The molecule has 0 bridgehead atoms. The first-order chi connectivity index (χ1) is 9.26. The average molecular weight is 254 g/mol. The van der Waals surface area contributed by atoms with E-state index in [-0.39, 0.29) is 5.82 Å². The highest BCUT2D eigenvalue weighted by molar-refractivity contribution is 5.84. The molecule has 0 radical (unpaired) electrons. The molecule has 2 aromatic carbocycles. The maximum atomic E-state index is 12.9. The van der Waals surface area contributed by atoms with Crippen LogP contribution in [0.1, 0.15) is 23.1 Å². The highest BCUT2D eigenvalue weighted by Crippen LogP contribution is 2.32. The smallest absolute Gasteiger partial charge is 0.123 e. The van der Waals surface area contributed by atoms with E-state index in [0.29, 0.717) is 0 Å². The Morgan fingerprint density at radius 3 is 2.53 bits per heavy atom. The van der Waals surface area contributed by atoms with E-state index < -0.39 is 0 Å². The Bertz CT molecular complexity index is 626. The zero-order valence-corrected chi connectivity index (χ0v) is 10.8. The van der Waals surface area contributed by atoms with Gasteiger partial charge in [-0.3, -0.25) is 0 Å². The molecule has 1 aliphatic rings. The standard InChI is InChI=1S/C17H15FO/c1-19-17-9-6-14-10-13(2-3-15(14)11-17)12-4-7-16(18)8-5-12/h4-11H,2-3H2,1H3. The van der Waals surface area contributed by atoms with Crippen LogP contribution in [0.2, 0.25) is 0 Å². The average Bonchev–Trinajstić information content (AvgIpc) is 2.47. The predicted octanol–water partition coefficient (Wildman–Crippen LogP) is 4.32. The number of aryl methyl sites for hydroxylation is 1. The quantitative estimate of drug-likeness (QED) is 0.775. The topological polar surface area (TPSA) is 9.23 Å². The number of hydrogen-bond acceptors (Lipinski definition) is 1. The second-order valence-electron chi connectivity index (χ2n) is 4.74. The van der Waals surface area contributed by atoms with Crippen LogP contribution >= 0.6 is 0 Å². The summed E-state index contributed by atoms with van der Waals surface area (Å²) in [6, 6.07) is 12.9. The van der Waals surface area contributed by atoms with Gasteiger partial charge in [0.15, 0.2) is 0 Å². The first-order valence-electron chi connectivity index (χ1n) is 6.40. The lowest BCUT2D eigenvalue weighted by atomic mass is 9.88. The van der Waals surface area contributed by atoms with Gasteiger partial charge in [0.25, 0.3) is 0 Å².